The minimum absolute atomic E-state index is 0.170. The molecule has 0 amide bonds. The molecule has 0 fully saturated rings. The summed E-state index contributed by atoms with van der Waals surface area (Å²) in [7, 11) is -3.57. The monoisotopic (exact) mass is 380 g/mol. The van der Waals surface area contributed by atoms with E-state index in [4.69, 9.17) is 34.8 Å². The minimum atomic E-state index is -3.57. The Hall–Kier alpha value is -0.390. The summed E-state index contributed by atoms with van der Waals surface area (Å²) in [6.45, 7) is 0. The van der Waals surface area contributed by atoms with Crippen LogP contribution in [0.2, 0.25) is 10.0 Å². The molecule has 0 aliphatic heterocycles. The number of hydrogen-bond donors (Lipinski definition) is 0. The molecule has 2 aromatic carbocycles. The second-order valence-corrected chi connectivity index (χ2v) is 9.06. The van der Waals surface area contributed by atoms with E-state index in [0.29, 0.717) is 10.0 Å². The molecule has 7 heteroatoms. The summed E-state index contributed by atoms with van der Waals surface area (Å²) < 4.78 is 23.6. The molecule has 2 aromatic rings. The van der Waals surface area contributed by atoms with Gasteiger partial charge in [0.1, 0.15) is 4.71 Å². The van der Waals surface area contributed by atoms with E-state index in [9.17, 15) is 8.42 Å². The predicted molar refractivity (Wildman–Crippen MR) is 90.5 cm³/mol. The maximum atomic E-state index is 12.3. The summed E-state index contributed by atoms with van der Waals surface area (Å²) in [6, 6.07) is 13.1. The molecular weight excluding hydrogens is 371 g/mol. The average Bonchev–Trinajstić information content (AvgIpc) is 2.46. The summed E-state index contributed by atoms with van der Waals surface area (Å²) in [5, 5.41) is 1.12. The first kappa shape index (κ1) is 17.0. The van der Waals surface area contributed by atoms with Gasteiger partial charge in [0.15, 0.2) is 9.84 Å². The minimum Gasteiger partial charge on any atom is -0.222 e. The van der Waals surface area contributed by atoms with Gasteiger partial charge < -0.3 is 0 Å². The molecule has 0 saturated carbocycles. The van der Waals surface area contributed by atoms with Crippen LogP contribution < -0.4 is 0 Å². The molecule has 0 aliphatic rings. The van der Waals surface area contributed by atoms with Crippen molar-refractivity contribution in [3.05, 3.63) is 58.6 Å². The van der Waals surface area contributed by atoms with E-state index in [1.807, 2.05) is 12.1 Å². The Kier molecular flexibility index (Phi) is 5.86. The molecule has 0 heterocycles. The molecule has 0 saturated heterocycles. The van der Waals surface area contributed by atoms with E-state index in [1.54, 1.807) is 12.1 Å². The van der Waals surface area contributed by atoms with E-state index in [2.05, 4.69) is 0 Å². The van der Waals surface area contributed by atoms with Gasteiger partial charge in [-0.2, -0.15) is 0 Å². The number of sulfone groups is 1. The van der Waals surface area contributed by atoms with E-state index >= 15 is 0 Å². The van der Waals surface area contributed by atoms with Gasteiger partial charge in [-0.1, -0.05) is 23.2 Å². The standard InChI is InChI=1S/C14H11Cl3O2S2/c15-10-1-5-12(6-2-10)20-9-14(17)21(18,19)13-7-3-11(16)4-8-13/h1-8,14H,9H2. The van der Waals surface area contributed by atoms with Gasteiger partial charge in [-0.3, -0.25) is 0 Å². The maximum Gasteiger partial charge on any atom is 0.195 e. The van der Waals surface area contributed by atoms with Gasteiger partial charge in [-0.25, -0.2) is 8.42 Å². The summed E-state index contributed by atoms with van der Waals surface area (Å²) in [6.07, 6.45) is 0. The third-order valence-electron chi connectivity index (χ3n) is 2.67. The quantitative estimate of drug-likeness (QED) is 0.532. The van der Waals surface area contributed by atoms with Gasteiger partial charge in [0.05, 0.1) is 4.90 Å². The van der Waals surface area contributed by atoms with E-state index in [1.165, 1.54) is 36.0 Å². The molecule has 21 heavy (non-hydrogen) atoms. The van der Waals surface area contributed by atoms with Crippen LogP contribution in [0.15, 0.2) is 58.3 Å². The number of hydrogen-bond acceptors (Lipinski definition) is 3. The predicted octanol–water partition coefficient (Wildman–Crippen LogP) is 5.12. The first-order valence-corrected chi connectivity index (χ1v) is 9.64. The van der Waals surface area contributed by atoms with Crippen molar-refractivity contribution in [2.45, 2.75) is 14.5 Å². The Morgan fingerprint density at radius 1 is 0.905 bits per heavy atom. The van der Waals surface area contributed by atoms with E-state index in [-0.39, 0.29) is 10.6 Å². The highest BCUT2D eigenvalue weighted by molar-refractivity contribution is 8.01. The molecule has 0 aromatic heterocycles. The van der Waals surface area contributed by atoms with E-state index < -0.39 is 14.5 Å². The van der Waals surface area contributed by atoms with Crippen molar-refractivity contribution < 1.29 is 8.42 Å². The zero-order valence-corrected chi connectivity index (χ0v) is 14.6. The number of rotatable bonds is 5. The summed E-state index contributed by atoms with van der Waals surface area (Å²) in [5.41, 5.74) is 0. The second-order valence-electron chi connectivity index (χ2n) is 4.17. The van der Waals surface area contributed by atoms with Crippen LogP contribution in [0.1, 0.15) is 0 Å². The summed E-state index contributed by atoms with van der Waals surface area (Å²) in [5.74, 6) is 0.244. The number of thioether (sulfide) groups is 1. The smallest absolute Gasteiger partial charge is 0.195 e. The van der Waals surface area contributed by atoms with Gasteiger partial charge in [-0.05, 0) is 48.5 Å². The van der Waals surface area contributed by atoms with Crippen LogP contribution in [0.5, 0.6) is 0 Å². The lowest BCUT2D eigenvalue weighted by atomic mass is 10.4. The molecule has 112 valence electrons. The third-order valence-corrected chi connectivity index (χ3v) is 7.30. The molecular formula is C14H11Cl3O2S2. The Balaban J connectivity index is 2.06. The zero-order valence-electron chi connectivity index (χ0n) is 10.7. The first-order valence-electron chi connectivity index (χ1n) is 5.91. The first-order chi connectivity index (χ1) is 9.89. The van der Waals surface area contributed by atoms with Gasteiger partial charge in [0.2, 0.25) is 0 Å². The topological polar surface area (TPSA) is 34.1 Å². The average molecular weight is 382 g/mol. The highest BCUT2D eigenvalue weighted by atomic mass is 35.5. The van der Waals surface area contributed by atoms with Gasteiger partial charge in [0.25, 0.3) is 0 Å². The zero-order chi connectivity index (χ0) is 15.5. The SMILES string of the molecule is O=S(=O)(c1ccc(Cl)cc1)C(Cl)CSc1ccc(Cl)cc1. The van der Waals surface area contributed by atoms with Crippen molar-refractivity contribution in [2.24, 2.45) is 0 Å². The lowest BCUT2D eigenvalue weighted by Crippen LogP contribution is -2.17. The van der Waals surface area contributed by atoms with Crippen molar-refractivity contribution in [2.75, 3.05) is 5.75 Å². The summed E-state index contributed by atoms with van der Waals surface area (Å²) >= 11 is 19.0. The van der Waals surface area contributed by atoms with Crippen molar-refractivity contribution in [1.82, 2.24) is 0 Å². The van der Waals surface area contributed by atoms with Crippen LogP contribution in [-0.2, 0) is 9.84 Å². The Bertz CT molecular complexity index is 698. The fourth-order valence-corrected chi connectivity index (χ4v) is 4.69. The molecule has 0 radical (unpaired) electrons. The lowest BCUT2D eigenvalue weighted by Gasteiger charge is -2.11. The van der Waals surface area contributed by atoms with Crippen molar-refractivity contribution in [3.8, 4) is 0 Å². The molecule has 0 aliphatic carbocycles. The second kappa shape index (κ2) is 7.25. The summed E-state index contributed by atoms with van der Waals surface area (Å²) in [4.78, 5) is 1.08. The van der Waals surface area contributed by atoms with Crippen LogP contribution in [0.4, 0.5) is 0 Å². The molecule has 2 rings (SSSR count). The maximum absolute atomic E-state index is 12.3. The molecule has 0 N–H and O–H groups in total. The van der Waals surface area contributed by atoms with Crippen LogP contribution in [0, 0.1) is 0 Å². The Morgan fingerprint density at radius 3 is 1.90 bits per heavy atom. The fourth-order valence-electron chi connectivity index (χ4n) is 1.55. The normalized spacial score (nSPS) is 13.1. The van der Waals surface area contributed by atoms with Crippen LogP contribution in [-0.4, -0.2) is 18.9 Å². The number of alkyl halides is 1. The van der Waals surface area contributed by atoms with Crippen LogP contribution in [0.25, 0.3) is 0 Å². The molecule has 2 nitrogen and oxygen atoms in total. The van der Waals surface area contributed by atoms with Crippen molar-refractivity contribution in [1.29, 1.82) is 0 Å². The third kappa shape index (κ3) is 4.54. The fraction of sp³-hybridized carbons (Fsp3) is 0.143. The van der Waals surface area contributed by atoms with Gasteiger partial charge in [0, 0.05) is 20.7 Å². The van der Waals surface area contributed by atoms with Crippen LogP contribution >= 0.6 is 46.6 Å². The van der Waals surface area contributed by atoms with Gasteiger partial charge in [-0.15, -0.1) is 23.4 Å². The van der Waals surface area contributed by atoms with E-state index in [0.717, 1.165) is 4.90 Å². The molecule has 1 atom stereocenters. The lowest BCUT2D eigenvalue weighted by molar-refractivity contribution is 0.595. The number of benzene rings is 2. The Morgan fingerprint density at radius 2 is 1.38 bits per heavy atom. The number of halogens is 3. The largest absolute Gasteiger partial charge is 0.222 e. The van der Waals surface area contributed by atoms with Crippen molar-refractivity contribution in [3.63, 3.8) is 0 Å². The Labute approximate surface area is 143 Å². The van der Waals surface area contributed by atoms with Crippen molar-refractivity contribution >= 4 is 56.4 Å². The highest BCUT2D eigenvalue weighted by Crippen LogP contribution is 2.27. The molecule has 0 spiro atoms. The van der Waals surface area contributed by atoms with Crippen LogP contribution in [0.3, 0.4) is 0 Å². The molecule has 1 unspecified atom stereocenters. The molecule has 0 bridgehead atoms. The van der Waals surface area contributed by atoms with Gasteiger partial charge >= 0.3 is 0 Å². The highest BCUT2D eigenvalue weighted by Gasteiger charge is 2.25.